The van der Waals surface area contributed by atoms with Gasteiger partial charge >= 0.3 is 0 Å². The summed E-state index contributed by atoms with van der Waals surface area (Å²) in [4.78, 5) is 1.54. The maximum atomic E-state index is 11.5. The molecule has 1 atom stereocenters. The van der Waals surface area contributed by atoms with Crippen LogP contribution in [0, 0.1) is 0 Å². The van der Waals surface area contributed by atoms with Crippen molar-refractivity contribution in [2.45, 2.75) is 17.6 Å². The number of aromatic nitrogens is 2. The van der Waals surface area contributed by atoms with Gasteiger partial charge in [-0.05, 0) is 6.42 Å². The van der Waals surface area contributed by atoms with E-state index in [1.165, 1.54) is 4.90 Å². The van der Waals surface area contributed by atoms with E-state index in [1.54, 1.807) is 11.8 Å². The lowest BCUT2D eigenvalue weighted by molar-refractivity contribution is -0.905. The van der Waals surface area contributed by atoms with Crippen LogP contribution in [0.15, 0.2) is 9.64 Å². The molecule has 0 saturated carbocycles. The Morgan fingerprint density at radius 3 is 2.81 bits per heavy atom. The minimum atomic E-state index is -2.92. The summed E-state index contributed by atoms with van der Waals surface area (Å²) in [6, 6.07) is 0. The fraction of sp³-hybridized carbons (Fsp3) is 0.833. The standard InChI is InChI=1S/C12H19N3O4S2/c16-21(17)8-1-10(9-21)11-13-14-12(19-11)20-7-4-15-2-5-18-6-3-15/h10H,1-9H2/p+1/t10-/m0/s1. The van der Waals surface area contributed by atoms with Crippen molar-refractivity contribution in [3.63, 3.8) is 0 Å². The zero-order chi connectivity index (χ0) is 14.7. The summed E-state index contributed by atoms with van der Waals surface area (Å²) in [6.07, 6.45) is 0.590. The lowest BCUT2D eigenvalue weighted by Gasteiger charge is -2.23. The summed E-state index contributed by atoms with van der Waals surface area (Å²) in [5, 5.41) is 8.55. The number of rotatable bonds is 5. The van der Waals surface area contributed by atoms with Gasteiger partial charge in [0.05, 0.1) is 42.9 Å². The molecule has 0 bridgehead atoms. The molecule has 3 rings (SSSR count). The predicted octanol–water partition coefficient (Wildman–Crippen LogP) is -1.02. The van der Waals surface area contributed by atoms with Crippen LogP contribution in [0.2, 0.25) is 0 Å². The molecular weight excluding hydrogens is 314 g/mol. The molecule has 118 valence electrons. The number of ether oxygens (including phenoxy) is 1. The zero-order valence-corrected chi connectivity index (χ0v) is 13.4. The normalized spacial score (nSPS) is 26.2. The Bertz CT molecular complexity index is 569. The van der Waals surface area contributed by atoms with Gasteiger partial charge in [-0.15, -0.1) is 10.2 Å². The van der Waals surface area contributed by atoms with E-state index in [0.717, 1.165) is 38.6 Å². The smallest absolute Gasteiger partial charge is 0.276 e. The molecule has 9 heteroatoms. The van der Waals surface area contributed by atoms with Crippen molar-refractivity contribution in [1.29, 1.82) is 0 Å². The van der Waals surface area contributed by atoms with Crippen molar-refractivity contribution in [3.8, 4) is 0 Å². The highest BCUT2D eigenvalue weighted by atomic mass is 32.2. The van der Waals surface area contributed by atoms with E-state index in [-0.39, 0.29) is 17.4 Å². The lowest BCUT2D eigenvalue weighted by Crippen LogP contribution is -3.14. The number of thioether (sulfide) groups is 1. The third-order valence-electron chi connectivity index (χ3n) is 3.88. The molecule has 7 nitrogen and oxygen atoms in total. The molecule has 0 radical (unpaired) electrons. The zero-order valence-electron chi connectivity index (χ0n) is 11.8. The molecule has 2 saturated heterocycles. The minimum Gasteiger partial charge on any atom is -0.416 e. The van der Waals surface area contributed by atoms with Gasteiger partial charge in [0.1, 0.15) is 13.1 Å². The van der Waals surface area contributed by atoms with Crippen LogP contribution in [-0.2, 0) is 14.6 Å². The van der Waals surface area contributed by atoms with Crippen molar-refractivity contribution in [1.82, 2.24) is 10.2 Å². The molecule has 2 fully saturated rings. The fourth-order valence-electron chi connectivity index (χ4n) is 2.63. The van der Waals surface area contributed by atoms with Crippen molar-refractivity contribution in [3.05, 3.63) is 5.89 Å². The highest BCUT2D eigenvalue weighted by molar-refractivity contribution is 7.99. The van der Waals surface area contributed by atoms with Crippen LogP contribution < -0.4 is 4.90 Å². The Kier molecular flexibility index (Phi) is 4.82. The van der Waals surface area contributed by atoms with E-state index < -0.39 is 9.84 Å². The molecule has 3 heterocycles. The summed E-state index contributed by atoms with van der Waals surface area (Å²) in [5.41, 5.74) is 0. The first-order valence-electron chi connectivity index (χ1n) is 7.20. The van der Waals surface area contributed by atoms with E-state index in [4.69, 9.17) is 9.15 Å². The topological polar surface area (TPSA) is 86.7 Å². The van der Waals surface area contributed by atoms with Crippen LogP contribution in [0.3, 0.4) is 0 Å². The van der Waals surface area contributed by atoms with Crippen molar-refractivity contribution in [2.24, 2.45) is 0 Å². The first kappa shape index (κ1) is 15.3. The highest BCUT2D eigenvalue weighted by Crippen LogP contribution is 2.29. The molecule has 0 aromatic carbocycles. The molecule has 2 aliphatic heterocycles. The van der Waals surface area contributed by atoms with Gasteiger partial charge < -0.3 is 14.1 Å². The van der Waals surface area contributed by atoms with Crippen molar-refractivity contribution < 1.29 is 22.5 Å². The first-order valence-corrected chi connectivity index (χ1v) is 10.0. The van der Waals surface area contributed by atoms with Gasteiger partial charge in [0.25, 0.3) is 5.22 Å². The minimum absolute atomic E-state index is 0.123. The van der Waals surface area contributed by atoms with Gasteiger partial charge in [-0.25, -0.2) is 8.42 Å². The molecule has 1 aromatic rings. The molecule has 0 amide bonds. The average molecular weight is 334 g/mol. The Hall–Kier alpha value is -0.640. The van der Waals surface area contributed by atoms with Gasteiger partial charge in [0.15, 0.2) is 9.84 Å². The quantitative estimate of drug-likeness (QED) is 0.690. The molecule has 21 heavy (non-hydrogen) atoms. The third kappa shape index (κ3) is 4.18. The highest BCUT2D eigenvalue weighted by Gasteiger charge is 2.32. The number of hydrogen-bond donors (Lipinski definition) is 1. The molecule has 1 aromatic heterocycles. The lowest BCUT2D eigenvalue weighted by atomic mass is 10.1. The Balaban J connectivity index is 1.47. The summed E-state index contributed by atoms with van der Waals surface area (Å²) in [7, 11) is -2.92. The number of sulfone groups is 1. The number of nitrogens with one attached hydrogen (secondary N) is 1. The van der Waals surface area contributed by atoms with Crippen LogP contribution in [-0.4, -0.2) is 68.7 Å². The van der Waals surface area contributed by atoms with Crippen LogP contribution in [0.1, 0.15) is 18.2 Å². The van der Waals surface area contributed by atoms with Gasteiger partial charge in [-0.2, -0.15) is 0 Å². The molecule has 0 aliphatic carbocycles. The van der Waals surface area contributed by atoms with Gasteiger partial charge in [-0.1, -0.05) is 11.8 Å². The third-order valence-corrected chi connectivity index (χ3v) is 6.47. The Morgan fingerprint density at radius 1 is 1.29 bits per heavy atom. The van der Waals surface area contributed by atoms with Gasteiger partial charge in [0, 0.05) is 0 Å². The first-order chi connectivity index (χ1) is 10.1. The van der Waals surface area contributed by atoms with Crippen molar-refractivity contribution >= 4 is 21.6 Å². The Labute approximate surface area is 128 Å². The molecular formula is C12H20N3O4S2+. The number of nitrogens with zero attached hydrogens (tertiary/aromatic N) is 2. The van der Waals surface area contributed by atoms with E-state index in [9.17, 15) is 8.42 Å². The average Bonchev–Trinajstić information content (AvgIpc) is 3.06. The number of quaternary nitrogens is 1. The Morgan fingerprint density at radius 2 is 2.10 bits per heavy atom. The monoisotopic (exact) mass is 334 g/mol. The van der Waals surface area contributed by atoms with Crippen molar-refractivity contribution in [2.75, 3.05) is 50.1 Å². The SMILES string of the molecule is O=S1(=O)CC[C@H](c2nnc(SCC[NH+]3CCOCC3)o2)C1. The van der Waals surface area contributed by atoms with E-state index >= 15 is 0 Å². The second kappa shape index (κ2) is 6.64. The second-order valence-electron chi connectivity index (χ2n) is 5.47. The summed E-state index contributed by atoms with van der Waals surface area (Å²) >= 11 is 1.54. The summed E-state index contributed by atoms with van der Waals surface area (Å²) in [6.45, 7) is 4.82. The van der Waals surface area contributed by atoms with Crippen LogP contribution >= 0.6 is 11.8 Å². The second-order valence-corrected chi connectivity index (χ2v) is 8.74. The number of hydrogen-bond acceptors (Lipinski definition) is 7. The molecule has 1 N–H and O–H groups in total. The predicted molar refractivity (Wildman–Crippen MR) is 77.4 cm³/mol. The largest absolute Gasteiger partial charge is 0.416 e. The van der Waals surface area contributed by atoms with Crippen LogP contribution in [0.25, 0.3) is 0 Å². The van der Waals surface area contributed by atoms with Crippen LogP contribution in [0.4, 0.5) is 0 Å². The maximum Gasteiger partial charge on any atom is 0.276 e. The fourth-order valence-corrected chi connectivity index (χ4v) is 5.17. The van der Waals surface area contributed by atoms with Gasteiger partial charge in [0.2, 0.25) is 5.89 Å². The van der Waals surface area contributed by atoms with E-state index in [2.05, 4.69) is 10.2 Å². The number of morpholine rings is 1. The van der Waals surface area contributed by atoms with Crippen LogP contribution in [0.5, 0.6) is 0 Å². The molecule has 0 unspecified atom stereocenters. The maximum absolute atomic E-state index is 11.5. The molecule has 0 spiro atoms. The summed E-state index contributed by atoms with van der Waals surface area (Å²) in [5.74, 6) is 1.62. The summed E-state index contributed by atoms with van der Waals surface area (Å²) < 4.78 is 33.8. The van der Waals surface area contributed by atoms with E-state index in [1.807, 2.05) is 0 Å². The molecule has 2 aliphatic rings. The van der Waals surface area contributed by atoms with E-state index in [0.29, 0.717) is 17.5 Å². The van der Waals surface area contributed by atoms with Gasteiger partial charge in [-0.3, -0.25) is 0 Å².